The molecule has 0 aromatic heterocycles. The lowest BCUT2D eigenvalue weighted by molar-refractivity contribution is 0.304. The summed E-state index contributed by atoms with van der Waals surface area (Å²) in [5, 5.41) is 8.90. The van der Waals surface area contributed by atoms with Gasteiger partial charge in [-0.1, -0.05) is 24.3 Å². The van der Waals surface area contributed by atoms with Crippen molar-refractivity contribution in [1.29, 1.82) is 5.26 Å². The van der Waals surface area contributed by atoms with Crippen LogP contribution in [0.1, 0.15) is 27.8 Å². The zero-order valence-electron chi connectivity index (χ0n) is 11.5. The molecule has 2 nitrogen and oxygen atoms in total. The summed E-state index contributed by atoms with van der Waals surface area (Å²) in [5.74, 6) is 0.775. The highest BCUT2D eigenvalue weighted by molar-refractivity contribution is 5.42. The molecule has 2 heteroatoms. The third kappa shape index (κ3) is 3.14. The first-order valence-electron chi connectivity index (χ1n) is 6.30. The Labute approximate surface area is 114 Å². The Balaban J connectivity index is 2.14. The highest BCUT2D eigenvalue weighted by Gasteiger charge is 2.03. The molecule has 0 aliphatic rings. The predicted octanol–water partition coefficient (Wildman–Crippen LogP) is 4.06. The van der Waals surface area contributed by atoms with Gasteiger partial charge in [-0.3, -0.25) is 0 Å². The summed E-state index contributed by atoms with van der Waals surface area (Å²) in [6.07, 6.45) is 0. The second-order valence-corrected chi connectivity index (χ2v) is 4.80. The molecule has 96 valence electrons. The number of nitriles is 1. The van der Waals surface area contributed by atoms with Gasteiger partial charge in [-0.2, -0.15) is 5.26 Å². The van der Waals surface area contributed by atoms with Crippen LogP contribution in [0.15, 0.2) is 36.4 Å². The van der Waals surface area contributed by atoms with E-state index in [1.165, 1.54) is 11.1 Å². The first-order valence-corrected chi connectivity index (χ1v) is 6.30. The fraction of sp³-hybridized carbons (Fsp3) is 0.235. The Morgan fingerprint density at radius 1 is 0.947 bits per heavy atom. The molecule has 0 aliphatic carbocycles. The van der Waals surface area contributed by atoms with Crippen molar-refractivity contribution in [3.05, 3.63) is 64.2 Å². The summed E-state index contributed by atoms with van der Waals surface area (Å²) in [6.45, 7) is 6.70. The van der Waals surface area contributed by atoms with Crippen LogP contribution in [0.5, 0.6) is 5.75 Å². The van der Waals surface area contributed by atoms with Gasteiger partial charge in [-0.05, 0) is 55.2 Å². The van der Waals surface area contributed by atoms with Crippen molar-refractivity contribution in [1.82, 2.24) is 0 Å². The van der Waals surface area contributed by atoms with Crippen LogP contribution in [0.25, 0.3) is 0 Å². The third-order valence-electron chi connectivity index (χ3n) is 3.28. The molecule has 2 aromatic carbocycles. The number of rotatable bonds is 3. The number of ether oxygens (including phenoxy) is 1. The molecule has 2 rings (SSSR count). The molecule has 0 bridgehead atoms. The van der Waals surface area contributed by atoms with Crippen molar-refractivity contribution in [2.45, 2.75) is 27.4 Å². The van der Waals surface area contributed by atoms with E-state index in [2.05, 4.69) is 38.1 Å². The van der Waals surface area contributed by atoms with Crippen LogP contribution < -0.4 is 4.74 Å². The SMILES string of the molecule is Cc1ccc(COc2cc(C#N)ccc2C)cc1C. The first-order chi connectivity index (χ1) is 9.10. The summed E-state index contributed by atoms with van der Waals surface area (Å²) < 4.78 is 5.81. The van der Waals surface area contributed by atoms with Gasteiger partial charge in [0.1, 0.15) is 12.4 Å². The molecule has 2 aromatic rings. The van der Waals surface area contributed by atoms with E-state index in [0.29, 0.717) is 12.2 Å². The zero-order valence-corrected chi connectivity index (χ0v) is 11.5. The monoisotopic (exact) mass is 251 g/mol. The van der Waals surface area contributed by atoms with Gasteiger partial charge in [0.2, 0.25) is 0 Å². The molecular formula is C17H17NO. The molecule has 0 spiro atoms. The van der Waals surface area contributed by atoms with Crippen LogP contribution in [-0.4, -0.2) is 0 Å². The predicted molar refractivity (Wildman–Crippen MR) is 76.1 cm³/mol. The molecule has 0 saturated heterocycles. The van der Waals surface area contributed by atoms with Gasteiger partial charge in [0.05, 0.1) is 11.6 Å². The van der Waals surface area contributed by atoms with Crippen molar-refractivity contribution in [3.8, 4) is 11.8 Å². The van der Waals surface area contributed by atoms with E-state index < -0.39 is 0 Å². The molecular weight excluding hydrogens is 234 g/mol. The molecule has 0 heterocycles. The smallest absolute Gasteiger partial charge is 0.124 e. The van der Waals surface area contributed by atoms with E-state index in [-0.39, 0.29) is 0 Å². The molecule has 0 aliphatic heterocycles. The van der Waals surface area contributed by atoms with Crippen LogP contribution in [0.4, 0.5) is 0 Å². The maximum Gasteiger partial charge on any atom is 0.124 e. The van der Waals surface area contributed by atoms with Gasteiger partial charge in [0.25, 0.3) is 0 Å². The minimum absolute atomic E-state index is 0.525. The lowest BCUT2D eigenvalue weighted by atomic mass is 10.1. The molecule has 0 fully saturated rings. The third-order valence-corrected chi connectivity index (χ3v) is 3.28. The minimum atomic E-state index is 0.525. The van der Waals surface area contributed by atoms with Gasteiger partial charge >= 0.3 is 0 Å². The van der Waals surface area contributed by atoms with Crippen molar-refractivity contribution in [3.63, 3.8) is 0 Å². The number of nitrogens with zero attached hydrogens (tertiary/aromatic N) is 1. The van der Waals surface area contributed by atoms with Crippen LogP contribution in [0.2, 0.25) is 0 Å². The molecule has 0 amide bonds. The highest BCUT2D eigenvalue weighted by Crippen LogP contribution is 2.21. The summed E-state index contributed by atoms with van der Waals surface area (Å²) >= 11 is 0. The Hall–Kier alpha value is -2.27. The number of hydrogen-bond acceptors (Lipinski definition) is 2. The molecule has 0 atom stereocenters. The maximum absolute atomic E-state index is 8.90. The van der Waals surface area contributed by atoms with Gasteiger partial charge < -0.3 is 4.74 Å². The van der Waals surface area contributed by atoms with E-state index in [9.17, 15) is 0 Å². The van der Waals surface area contributed by atoms with Crippen molar-refractivity contribution < 1.29 is 4.74 Å². The second-order valence-electron chi connectivity index (χ2n) is 4.80. The number of hydrogen-bond donors (Lipinski definition) is 0. The van der Waals surface area contributed by atoms with Crippen molar-refractivity contribution in [2.75, 3.05) is 0 Å². The molecule has 0 N–H and O–H groups in total. The summed E-state index contributed by atoms with van der Waals surface area (Å²) in [4.78, 5) is 0. The Morgan fingerprint density at radius 2 is 1.68 bits per heavy atom. The van der Waals surface area contributed by atoms with Crippen molar-refractivity contribution >= 4 is 0 Å². The second kappa shape index (κ2) is 5.58. The lowest BCUT2D eigenvalue weighted by Crippen LogP contribution is -1.98. The Morgan fingerprint density at radius 3 is 2.37 bits per heavy atom. The fourth-order valence-electron chi connectivity index (χ4n) is 1.88. The summed E-state index contributed by atoms with van der Waals surface area (Å²) in [6, 6.07) is 13.9. The average Bonchev–Trinajstić information content (AvgIpc) is 2.41. The van der Waals surface area contributed by atoms with Gasteiger partial charge in [-0.15, -0.1) is 0 Å². The van der Waals surface area contributed by atoms with E-state index in [4.69, 9.17) is 10.00 Å². The summed E-state index contributed by atoms with van der Waals surface area (Å²) in [7, 11) is 0. The standard InChI is InChI=1S/C17H17NO/c1-12-4-7-16(8-14(12)3)11-19-17-9-15(10-18)6-5-13(17)2/h4-9H,11H2,1-3H3. The van der Waals surface area contributed by atoms with Gasteiger partial charge in [0, 0.05) is 0 Å². The number of aryl methyl sites for hydroxylation is 3. The first kappa shape index (κ1) is 13.2. The van der Waals surface area contributed by atoms with Crippen LogP contribution in [0, 0.1) is 32.1 Å². The number of benzene rings is 2. The maximum atomic E-state index is 8.90. The zero-order chi connectivity index (χ0) is 13.8. The van der Waals surface area contributed by atoms with Gasteiger partial charge in [-0.25, -0.2) is 0 Å². The molecule has 0 unspecified atom stereocenters. The Kier molecular flexibility index (Phi) is 3.87. The largest absolute Gasteiger partial charge is 0.489 e. The highest BCUT2D eigenvalue weighted by atomic mass is 16.5. The van der Waals surface area contributed by atoms with E-state index in [0.717, 1.165) is 16.9 Å². The van der Waals surface area contributed by atoms with Crippen LogP contribution >= 0.6 is 0 Å². The van der Waals surface area contributed by atoms with E-state index >= 15 is 0 Å². The van der Waals surface area contributed by atoms with E-state index in [1.54, 1.807) is 12.1 Å². The average molecular weight is 251 g/mol. The van der Waals surface area contributed by atoms with Crippen LogP contribution in [0.3, 0.4) is 0 Å². The van der Waals surface area contributed by atoms with Crippen LogP contribution in [-0.2, 0) is 6.61 Å². The van der Waals surface area contributed by atoms with E-state index in [1.807, 2.05) is 13.0 Å². The molecule has 0 saturated carbocycles. The van der Waals surface area contributed by atoms with Crippen molar-refractivity contribution in [2.24, 2.45) is 0 Å². The quantitative estimate of drug-likeness (QED) is 0.824. The summed E-state index contributed by atoms with van der Waals surface area (Å²) in [5.41, 5.74) is 5.36. The molecule has 0 radical (unpaired) electrons. The minimum Gasteiger partial charge on any atom is -0.489 e. The molecule has 19 heavy (non-hydrogen) atoms. The Bertz CT molecular complexity index is 638. The lowest BCUT2D eigenvalue weighted by Gasteiger charge is -2.10. The topological polar surface area (TPSA) is 33.0 Å². The normalized spacial score (nSPS) is 10.0. The fourth-order valence-corrected chi connectivity index (χ4v) is 1.88. The van der Waals surface area contributed by atoms with Gasteiger partial charge in [0.15, 0.2) is 0 Å².